The van der Waals surface area contributed by atoms with E-state index >= 15 is 0 Å². The van der Waals surface area contributed by atoms with Gasteiger partial charge in [-0.25, -0.2) is 0 Å². The van der Waals surface area contributed by atoms with Crippen molar-refractivity contribution in [3.8, 4) is 0 Å². The SMILES string of the molecule is Cc1ccc(C)c(CC(N)C2CC(C)(C)OC2(C)C)c1. The van der Waals surface area contributed by atoms with Crippen molar-refractivity contribution in [2.45, 2.75) is 71.6 Å². The minimum atomic E-state index is -0.138. The number of ether oxygens (including phenoxy) is 1. The van der Waals surface area contributed by atoms with Crippen LogP contribution in [0.3, 0.4) is 0 Å². The molecule has 2 nitrogen and oxygen atoms in total. The van der Waals surface area contributed by atoms with Gasteiger partial charge in [0.05, 0.1) is 11.2 Å². The van der Waals surface area contributed by atoms with Crippen LogP contribution in [-0.4, -0.2) is 17.2 Å². The standard InChI is InChI=1S/C18H29NO/c1-12-7-8-13(2)14(9-12)10-16(19)15-11-17(3,4)20-18(15,5)6/h7-9,15-16H,10-11,19H2,1-6H3. The highest BCUT2D eigenvalue weighted by atomic mass is 16.5. The van der Waals surface area contributed by atoms with E-state index < -0.39 is 0 Å². The molecular formula is C18H29NO. The van der Waals surface area contributed by atoms with Crippen molar-refractivity contribution >= 4 is 0 Å². The van der Waals surface area contributed by atoms with Gasteiger partial charge in [-0.3, -0.25) is 0 Å². The van der Waals surface area contributed by atoms with E-state index in [0.29, 0.717) is 5.92 Å². The van der Waals surface area contributed by atoms with Crippen molar-refractivity contribution in [1.29, 1.82) is 0 Å². The zero-order valence-corrected chi connectivity index (χ0v) is 13.8. The third-order valence-electron chi connectivity index (χ3n) is 4.62. The third kappa shape index (κ3) is 3.24. The number of nitrogens with two attached hydrogens (primary N) is 1. The normalized spacial score (nSPS) is 25.6. The Hall–Kier alpha value is -0.860. The van der Waals surface area contributed by atoms with E-state index in [1.807, 2.05) is 0 Å². The molecule has 1 fully saturated rings. The van der Waals surface area contributed by atoms with Crippen LogP contribution in [0.15, 0.2) is 18.2 Å². The average Bonchev–Trinajstić information content (AvgIpc) is 2.52. The summed E-state index contributed by atoms with van der Waals surface area (Å²) in [6.07, 6.45) is 1.97. The van der Waals surface area contributed by atoms with Crippen LogP contribution in [0.1, 0.15) is 50.8 Å². The van der Waals surface area contributed by atoms with Gasteiger partial charge in [0.15, 0.2) is 0 Å². The molecule has 0 aromatic heterocycles. The molecule has 1 aromatic carbocycles. The summed E-state index contributed by atoms with van der Waals surface area (Å²) in [5.74, 6) is 0.400. The second-order valence-electron chi connectivity index (χ2n) is 7.57. The first-order chi connectivity index (χ1) is 9.11. The van der Waals surface area contributed by atoms with Crippen LogP contribution in [0.25, 0.3) is 0 Å². The maximum absolute atomic E-state index is 6.55. The van der Waals surface area contributed by atoms with E-state index in [9.17, 15) is 0 Å². The topological polar surface area (TPSA) is 35.2 Å². The Morgan fingerprint density at radius 2 is 1.90 bits per heavy atom. The van der Waals surface area contributed by atoms with Gasteiger partial charge in [0, 0.05) is 12.0 Å². The molecule has 2 rings (SSSR count). The highest BCUT2D eigenvalue weighted by molar-refractivity contribution is 5.31. The molecule has 0 amide bonds. The first-order valence-electron chi connectivity index (χ1n) is 7.63. The molecule has 0 aliphatic carbocycles. The predicted octanol–water partition coefficient (Wildman–Crippen LogP) is 3.77. The number of hydrogen-bond donors (Lipinski definition) is 1. The van der Waals surface area contributed by atoms with Gasteiger partial charge >= 0.3 is 0 Å². The highest BCUT2D eigenvalue weighted by Gasteiger charge is 2.48. The molecule has 0 spiro atoms. The van der Waals surface area contributed by atoms with Crippen molar-refractivity contribution in [1.82, 2.24) is 0 Å². The molecule has 0 bridgehead atoms. The Labute approximate surface area is 123 Å². The minimum Gasteiger partial charge on any atom is -0.369 e. The summed E-state index contributed by atoms with van der Waals surface area (Å²) in [5.41, 5.74) is 10.4. The van der Waals surface area contributed by atoms with E-state index in [-0.39, 0.29) is 17.2 Å². The number of rotatable bonds is 3. The van der Waals surface area contributed by atoms with E-state index in [4.69, 9.17) is 10.5 Å². The maximum atomic E-state index is 6.55. The number of hydrogen-bond acceptors (Lipinski definition) is 2. The lowest BCUT2D eigenvalue weighted by Gasteiger charge is -2.31. The molecule has 1 aliphatic rings. The Kier molecular flexibility index (Phi) is 4.01. The van der Waals surface area contributed by atoms with Crippen molar-refractivity contribution in [3.63, 3.8) is 0 Å². The molecular weight excluding hydrogens is 246 g/mol. The molecule has 1 aromatic rings. The molecule has 0 saturated carbocycles. The minimum absolute atomic E-state index is 0.0621. The van der Waals surface area contributed by atoms with Gasteiger partial charge in [-0.1, -0.05) is 23.8 Å². The van der Waals surface area contributed by atoms with E-state index in [1.54, 1.807) is 0 Å². The van der Waals surface area contributed by atoms with Crippen LogP contribution >= 0.6 is 0 Å². The van der Waals surface area contributed by atoms with Gasteiger partial charge in [0.25, 0.3) is 0 Å². The van der Waals surface area contributed by atoms with Crippen molar-refractivity contribution < 1.29 is 4.74 Å². The lowest BCUT2D eigenvalue weighted by molar-refractivity contribution is -0.0765. The third-order valence-corrected chi connectivity index (χ3v) is 4.62. The quantitative estimate of drug-likeness (QED) is 0.911. The van der Waals surface area contributed by atoms with Crippen molar-refractivity contribution in [2.75, 3.05) is 0 Å². The van der Waals surface area contributed by atoms with Gasteiger partial charge in [-0.2, -0.15) is 0 Å². The summed E-state index contributed by atoms with van der Waals surface area (Å²) >= 11 is 0. The summed E-state index contributed by atoms with van der Waals surface area (Å²) < 4.78 is 6.18. The van der Waals surface area contributed by atoms with Crippen LogP contribution in [-0.2, 0) is 11.2 Å². The summed E-state index contributed by atoms with van der Waals surface area (Å²) in [5, 5.41) is 0. The fourth-order valence-corrected chi connectivity index (χ4v) is 3.69. The van der Waals surface area contributed by atoms with Crippen LogP contribution in [0.4, 0.5) is 0 Å². The Bertz CT molecular complexity index is 490. The molecule has 1 aliphatic heterocycles. The highest BCUT2D eigenvalue weighted by Crippen LogP contribution is 2.43. The molecule has 0 radical (unpaired) electrons. The van der Waals surface area contributed by atoms with Crippen LogP contribution < -0.4 is 5.73 Å². The summed E-state index contributed by atoms with van der Waals surface area (Å²) in [6.45, 7) is 13.0. The predicted molar refractivity (Wildman–Crippen MR) is 84.9 cm³/mol. The molecule has 2 unspecified atom stereocenters. The zero-order valence-electron chi connectivity index (χ0n) is 13.8. The van der Waals surface area contributed by atoms with Crippen LogP contribution in [0.2, 0.25) is 0 Å². The largest absolute Gasteiger partial charge is 0.369 e. The summed E-state index contributed by atoms with van der Waals surface area (Å²) in [6, 6.07) is 6.77. The average molecular weight is 275 g/mol. The smallest absolute Gasteiger partial charge is 0.0677 e. The van der Waals surface area contributed by atoms with Crippen LogP contribution in [0.5, 0.6) is 0 Å². The summed E-state index contributed by atoms with van der Waals surface area (Å²) in [4.78, 5) is 0. The number of benzene rings is 1. The second kappa shape index (κ2) is 5.16. The van der Waals surface area contributed by atoms with Gasteiger partial charge in [0.2, 0.25) is 0 Å². The van der Waals surface area contributed by atoms with Gasteiger partial charge in [0.1, 0.15) is 0 Å². The first kappa shape index (κ1) is 15.5. The Morgan fingerprint density at radius 1 is 1.25 bits per heavy atom. The second-order valence-corrected chi connectivity index (χ2v) is 7.57. The number of aryl methyl sites for hydroxylation is 2. The maximum Gasteiger partial charge on any atom is 0.0677 e. The molecule has 1 heterocycles. The van der Waals surface area contributed by atoms with Gasteiger partial charge in [-0.05, 0) is 65.5 Å². The van der Waals surface area contributed by atoms with E-state index in [2.05, 4.69) is 59.7 Å². The fourth-order valence-electron chi connectivity index (χ4n) is 3.69. The van der Waals surface area contributed by atoms with Gasteiger partial charge in [-0.15, -0.1) is 0 Å². The Morgan fingerprint density at radius 3 is 2.45 bits per heavy atom. The Balaban J connectivity index is 2.16. The molecule has 1 saturated heterocycles. The fraction of sp³-hybridized carbons (Fsp3) is 0.667. The molecule has 112 valence electrons. The lowest BCUT2D eigenvalue weighted by atomic mass is 9.79. The van der Waals surface area contributed by atoms with Crippen molar-refractivity contribution in [3.05, 3.63) is 34.9 Å². The lowest BCUT2D eigenvalue weighted by Crippen LogP contribution is -2.42. The molecule has 2 atom stereocenters. The zero-order chi connectivity index (χ0) is 15.1. The van der Waals surface area contributed by atoms with E-state index in [0.717, 1.165) is 12.8 Å². The van der Waals surface area contributed by atoms with E-state index in [1.165, 1.54) is 16.7 Å². The molecule has 20 heavy (non-hydrogen) atoms. The molecule has 2 N–H and O–H groups in total. The van der Waals surface area contributed by atoms with Crippen molar-refractivity contribution in [2.24, 2.45) is 11.7 Å². The van der Waals surface area contributed by atoms with Gasteiger partial charge < -0.3 is 10.5 Å². The molecule has 2 heteroatoms. The first-order valence-corrected chi connectivity index (χ1v) is 7.63. The summed E-state index contributed by atoms with van der Waals surface area (Å²) in [7, 11) is 0. The monoisotopic (exact) mass is 275 g/mol. The van der Waals surface area contributed by atoms with Crippen LogP contribution in [0, 0.1) is 19.8 Å².